The van der Waals surface area contributed by atoms with Crippen molar-refractivity contribution >= 4 is 10.9 Å². The lowest BCUT2D eigenvalue weighted by Gasteiger charge is -2.08. The molecule has 4 aromatic rings. The summed E-state index contributed by atoms with van der Waals surface area (Å²) in [5.74, 6) is 0.846. The predicted octanol–water partition coefficient (Wildman–Crippen LogP) is 1.63. The van der Waals surface area contributed by atoms with E-state index in [0.717, 1.165) is 36.1 Å². The number of aromatic nitrogens is 7. The summed E-state index contributed by atoms with van der Waals surface area (Å²) in [5.41, 5.74) is 2.29. The minimum Gasteiger partial charge on any atom is -0.332 e. The van der Waals surface area contributed by atoms with Gasteiger partial charge in [-0.3, -0.25) is 9.36 Å². The minimum absolute atomic E-state index is 0.357. The van der Waals surface area contributed by atoms with Gasteiger partial charge >= 0.3 is 0 Å². The van der Waals surface area contributed by atoms with Crippen LogP contribution in [-0.2, 0) is 13.6 Å². The molecule has 1 aliphatic heterocycles. The van der Waals surface area contributed by atoms with Crippen LogP contribution in [0.15, 0.2) is 35.0 Å². The Morgan fingerprint density at radius 3 is 3.12 bits per heavy atom. The number of aryl methyl sites for hydroxylation is 1. The summed E-state index contributed by atoms with van der Waals surface area (Å²) in [5, 5.41) is 21.4. The zero-order chi connectivity index (χ0) is 17.5. The Kier molecular flexibility index (Phi) is 3.52. The quantitative estimate of drug-likeness (QED) is 0.597. The van der Waals surface area contributed by atoms with Crippen LogP contribution in [-0.4, -0.2) is 47.5 Å². The summed E-state index contributed by atoms with van der Waals surface area (Å²) in [6.07, 6.45) is 4.21. The second-order valence-corrected chi connectivity index (χ2v) is 6.53. The van der Waals surface area contributed by atoms with Gasteiger partial charge in [0, 0.05) is 18.5 Å². The fourth-order valence-corrected chi connectivity index (χ4v) is 3.46. The summed E-state index contributed by atoms with van der Waals surface area (Å²) in [6, 6.07) is 8.33. The zero-order valence-corrected chi connectivity index (χ0v) is 14.3. The van der Waals surface area contributed by atoms with Crippen LogP contribution in [0.4, 0.5) is 0 Å². The summed E-state index contributed by atoms with van der Waals surface area (Å²) in [4.78, 5) is 4.51. The van der Waals surface area contributed by atoms with E-state index in [4.69, 9.17) is 4.52 Å². The van der Waals surface area contributed by atoms with E-state index >= 15 is 0 Å². The molecule has 9 heteroatoms. The maximum absolute atomic E-state index is 5.43. The second-order valence-electron chi connectivity index (χ2n) is 6.53. The molecule has 1 atom stereocenters. The van der Waals surface area contributed by atoms with Crippen molar-refractivity contribution in [3.63, 3.8) is 0 Å². The van der Waals surface area contributed by atoms with Gasteiger partial charge in [0.15, 0.2) is 5.69 Å². The summed E-state index contributed by atoms with van der Waals surface area (Å²) >= 11 is 0. The first-order valence-corrected chi connectivity index (χ1v) is 8.67. The first kappa shape index (κ1) is 15.2. The normalized spacial score (nSPS) is 17.3. The smallest absolute Gasteiger partial charge is 0.280 e. The van der Waals surface area contributed by atoms with Gasteiger partial charge in [0.2, 0.25) is 5.82 Å². The van der Waals surface area contributed by atoms with Gasteiger partial charge in [-0.05, 0) is 25.5 Å². The molecule has 1 unspecified atom stereocenters. The Morgan fingerprint density at radius 2 is 2.23 bits per heavy atom. The van der Waals surface area contributed by atoms with Crippen LogP contribution in [0.1, 0.15) is 12.8 Å². The molecule has 1 fully saturated rings. The van der Waals surface area contributed by atoms with E-state index in [1.54, 1.807) is 4.68 Å². The van der Waals surface area contributed by atoms with Gasteiger partial charge in [-0.2, -0.15) is 10.1 Å². The largest absolute Gasteiger partial charge is 0.332 e. The fourth-order valence-electron chi connectivity index (χ4n) is 3.46. The molecule has 26 heavy (non-hydrogen) atoms. The highest BCUT2D eigenvalue weighted by Gasteiger charge is 2.20. The molecule has 0 spiro atoms. The predicted molar refractivity (Wildman–Crippen MR) is 94.0 cm³/mol. The third-order valence-electron chi connectivity index (χ3n) is 4.71. The lowest BCUT2D eigenvalue weighted by atomic mass is 10.2. The standard InChI is InChI=1S/C17H18N8O/c1-24-15(12-6-2-3-7-13(12)21-24)16-19-17(26-22-16)14-10-25(23-20-14)9-11-5-4-8-18-11/h2-3,6-7,10-11,18H,4-5,8-9H2,1H3. The Balaban J connectivity index is 1.45. The van der Waals surface area contributed by atoms with Gasteiger partial charge in [0.1, 0.15) is 5.69 Å². The molecule has 3 aromatic heterocycles. The molecule has 5 rings (SSSR count). The van der Waals surface area contributed by atoms with Crippen LogP contribution in [0, 0.1) is 0 Å². The lowest BCUT2D eigenvalue weighted by Crippen LogP contribution is -2.26. The van der Waals surface area contributed by atoms with Crippen LogP contribution >= 0.6 is 0 Å². The summed E-state index contributed by atoms with van der Waals surface area (Å²) < 4.78 is 9.01. The number of rotatable bonds is 4. The molecule has 0 bridgehead atoms. The van der Waals surface area contributed by atoms with Crippen LogP contribution in [0.25, 0.3) is 34.0 Å². The van der Waals surface area contributed by atoms with Gasteiger partial charge in [-0.15, -0.1) is 5.10 Å². The number of hydrogen-bond acceptors (Lipinski definition) is 7. The summed E-state index contributed by atoms with van der Waals surface area (Å²) in [6.45, 7) is 1.86. The first-order chi connectivity index (χ1) is 12.8. The van der Waals surface area contributed by atoms with Crippen molar-refractivity contribution < 1.29 is 4.52 Å². The molecule has 1 aromatic carbocycles. The van der Waals surface area contributed by atoms with Crippen LogP contribution in [0.3, 0.4) is 0 Å². The molecular weight excluding hydrogens is 332 g/mol. The van der Waals surface area contributed by atoms with Crippen LogP contribution in [0.2, 0.25) is 0 Å². The molecule has 1 saturated heterocycles. The average Bonchev–Trinajstić information content (AvgIpc) is 3.41. The van der Waals surface area contributed by atoms with Crippen molar-refractivity contribution in [3.8, 4) is 23.1 Å². The van der Waals surface area contributed by atoms with Crippen molar-refractivity contribution in [2.45, 2.75) is 25.4 Å². The van der Waals surface area contributed by atoms with Crippen molar-refractivity contribution in [2.75, 3.05) is 6.54 Å². The molecular formula is C17H18N8O. The van der Waals surface area contributed by atoms with Crippen LogP contribution in [0.5, 0.6) is 0 Å². The van der Waals surface area contributed by atoms with E-state index in [1.165, 1.54) is 6.42 Å². The number of nitrogens with zero attached hydrogens (tertiary/aromatic N) is 7. The lowest BCUT2D eigenvalue weighted by molar-refractivity contribution is 0.430. The van der Waals surface area contributed by atoms with E-state index < -0.39 is 0 Å². The minimum atomic E-state index is 0.357. The van der Waals surface area contributed by atoms with Gasteiger partial charge in [0.05, 0.1) is 18.3 Å². The van der Waals surface area contributed by atoms with Crippen molar-refractivity contribution in [2.24, 2.45) is 7.05 Å². The molecule has 1 aliphatic rings. The molecule has 1 N–H and O–H groups in total. The van der Waals surface area contributed by atoms with E-state index in [9.17, 15) is 0 Å². The van der Waals surface area contributed by atoms with Gasteiger partial charge in [0.25, 0.3) is 5.89 Å². The SMILES string of the molecule is Cn1nc2ccccc2c1-c1noc(-c2cn(CC3CCCN3)nn2)n1. The van der Waals surface area contributed by atoms with Gasteiger partial charge in [-0.25, -0.2) is 0 Å². The molecule has 0 radical (unpaired) electrons. The Hall–Kier alpha value is -3.07. The zero-order valence-electron chi connectivity index (χ0n) is 14.3. The molecule has 9 nitrogen and oxygen atoms in total. The van der Waals surface area contributed by atoms with E-state index in [-0.39, 0.29) is 0 Å². The maximum Gasteiger partial charge on any atom is 0.280 e. The number of fused-ring (bicyclic) bond motifs is 1. The third kappa shape index (κ3) is 2.57. The maximum atomic E-state index is 5.43. The summed E-state index contributed by atoms with van der Waals surface area (Å²) in [7, 11) is 1.87. The van der Waals surface area contributed by atoms with Gasteiger partial charge in [-0.1, -0.05) is 28.6 Å². The highest BCUT2D eigenvalue weighted by Crippen LogP contribution is 2.27. The highest BCUT2D eigenvalue weighted by molar-refractivity contribution is 5.91. The molecule has 0 amide bonds. The molecule has 132 valence electrons. The second kappa shape index (κ2) is 6.03. The van der Waals surface area contributed by atoms with Gasteiger partial charge < -0.3 is 9.84 Å². The van der Waals surface area contributed by atoms with Crippen molar-refractivity contribution in [1.82, 2.24) is 40.2 Å². The van der Waals surface area contributed by atoms with E-state index in [0.29, 0.717) is 23.5 Å². The molecule has 0 saturated carbocycles. The molecule has 4 heterocycles. The molecule has 0 aliphatic carbocycles. The number of hydrogen-bond donors (Lipinski definition) is 1. The Labute approximate surface area is 149 Å². The van der Waals surface area contributed by atoms with E-state index in [2.05, 4.69) is 30.9 Å². The highest BCUT2D eigenvalue weighted by atomic mass is 16.5. The fraction of sp³-hybridized carbons (Fsp3) is 0.353. The first-order valence-electron chi connectivity index (χ1n) is 8.67. The van der Waals surface area contributed by atoms with Crippen molar-refractivity contribution in [1.29, 1.82) is 0 Å². The third-order valence-corrected chi connectivity index (χ3v) is 4.71. The number of benzene rings is 1. The van der Waals surface area contributed by atoms with Crippen molar-refractivity contribution in [3.05, 3.63) is 30.5 Å². The average molecular weight is 350 g/mol. The Morgan fingerprint density at radius 1 is 1.31 bits per heavy atom. The van der Waals surface area contributed by atoms with Crippen LogP contribution < -0.4 is 5.32 Å². The Bertz CT molecular complexity index is 1060. The van der Waals surface area contributed by atoms with E-state index in [1.807, 2.05) is 42.2 Å². The monoisotopic (exact) mass is 350 g/mol. The topological polar surface area (TPSA) is 99.5 Å². The number of nitrogens with one attached hydrogen (secondary N) is 1.